The Bertz CT molecular complexity index is 870. The van der Waals surface area contributed by atoms with Gasteiger partial charge in [-0.2, -0.15) is 5.10 Å². The lowest BCUT2D eigenvalue weighted by Gasteiger charge is -2.27. The molecule has 0 saturated carbocycles. The van der Waals surface area contributed by atoms with Gasteiger partial charge in [-0.05, 0) is 42.0 Å². The normalized spacial score (nSPS) is 14.1. The molecule has 1 aromatic carbocycles. The van der Waals surface area contributed by atoms with Gasteiger partial charge in [-0.15, -0.1) is 0 Å². The van der Waals surface area contributed by atoms with E-state index in [1.807, 2.05) is 42.7 Å². The van der Waals surface area contributed by atoms with E-state index in [0.29, 0.717) is 12.1 Å². The summed E-state index contributed by atoms with van der Waals surface area (Å²) in [6.07, 6.45) is 5.40. The lowest BCUT2D eigenvalue weighted by Crippen LogP contribution is -2.36. The average molecular weight is 363 g/mol. The molecule has 27 heavy (non-hydrogen) atoms. The monoisotopic (exact) mass is 363 g/mol. The van der Waals surface area contributed by atoms with Gasteiger partial charge in [-0.3, -0.25) is 4.79 Å². The Morgan fingerprint density at radius 2 is 1.93 bits per heavy atom. The van der Waals surface area contributed by atoms with Gasteiger partial charge >= 0.3 is 0 Å². The number of ether oxygens (including phenoxy) is 1. The number of amides is 1. The number of hydrogen-bond acceptors (Lipinski definition) is 5. The number of nitrogens with zero attached hydrogens (tertiary/aromatic N) is 4. The third-order valence-corrected chi connectivity index (χ3v) is 4.50. The number of hydrogen-bond donors (Lipinski definition) is 1. The third-order valence-electron chi connectivity index (χ3n) is 4.50. The van der Waals surface area contributed by atoms with Crippen molar-refractivity contribution >= 4 is 11.7 Å². The molecule has 3 aromatic rings. The molecule has 138 valence electrons. The number of carbonyl (C=O) groups excluding carboxylic acids is 1. The molecular formula is C20H21N5O2. The molecule has 0 spiro atoms. The standard InChI is InChI=1S/C20H21N5O2/c26-20(17-3-5-18(6-4-17)25-9-1-8-23-25)22-15-16-2-7-19(21-14-16)24-10-12-27-13-11-24/h1-9,14H,10-13,15H2,(H,22,26). The zero-order chi connectivity index (χ0) is 18.5. The summed E-state index contributed by atoms with van der Waals surface area (Å²) < 4.78 is 7.11. The predicted octanol–water partition coefficient (Wildman–Crippen LogP) is 2.03. The van der Waals surface area contributed by atoms with Crippen molar-refractivity contribution in [3.63, 3.8) is 0 Å². The molecule has 1 aliphatic heterocycles. The van der Waals surface area contributed by atoms with Crippen LogP contribution in [0, 0.1) is 0 Å². The van der Waals surface area contributed by atoms with Crippen molar-refractivity contribution in [3.8, 4) is 5.69 Å². The number of morpholine rings is 1. The topological polar surface area (TPSA) is 72.3 Å². The number of nitrogens with one attached hydrogen (secondary N) is 1. The highest BCUT2D eigenvalue weighted by Crippen LogP contribution is 2.13. The highest BCUT2D eigenvalue weighted by molar-refractivity contribution is 5.94. The van der Waals surface area contributed by atoms with Gasteiger partial charge in [0.2, 0.25) is 0 Å². The van der Waals surface area contributed by atoms with Gasteiger partial charge in [0.15, 0.2) is 0 Å². The number of aromatic nitrogens is 3. The SMILES string of the molecule is O=C(NCc1ccc(N2CCOCC2)nc1)c1ccc(-n2cccn2)cc1. The minimum atomic E-state index is -0.112. The number of pyridine rings is 1. The second kappa shape index (κ2) is 8.01. The second-order valence-corrected chi connectivity index (χ2v) is 6.30. The predicted molar refractivity (Wildman–Crippen MR) is 102 cm³/mol. The number of rotatable bonds is 5. The summed E-state index contributed by atoms with van der Waals surface area (Å²) in [6.45, 7) is 3.63. The van der Waals surface area contributed by atoms with Crippen molar-refractivity contribution in [3.05, 3.63) is 72.2 Å². The van der Waals surface area contributed by atoms with E-state index in [1.165, 1.54) is 0 Å². The molecule has 1 saturated heterocycles. The molecular weight excluding hydrogens is 342 g/mol. The van der Waals surface area contributed by atoms with Gasteiger partial charge < -0.3 is 15.0 Å². The highest BCUT2D eigenvalue weighted by atomic mass is 16.5. The van der Waals surface area contributed by atoms with Gasteiger partial charge in [0.25, 0.3) is 5.91 Å². The molecule has 2 aromatic heterocycles. The first-order valence-electron chi connectivity index (χ1n) is 8.95. The second-order valence-electron chi connectivity index (χ2n) is 6.30. The van der Waals surface area contributed by atoms with Crippen LogP contribution < -0.4 is 10.2 Å². The molecule has 1 N–H and O–H groups in total. The van der Waals surface area contributed by atoms with Crippen LogP contribution in [0.2, 0.25) is 0 Å². The summed E-state index contributed by atoms with van der Waals surface area (Å²) in [5.74, 6) is 0.835. The molecule has 1 fully saturated rings. The van der Waals surface area contributed by atoms with Crippen molar-refractivity contribution in [1.82, 2.24) is 20.1 Å². The smallest absolute Gasteiger partial charge is 0.251 e. The van der Waals surface area contributed by atoms with Crippen LogP contribution in [0.5, 0.6) is 0 Å². The molecule has 0 atom stereocenters. The van der Waals surface area contributed by atoms with E-state index >= 15 is 0 Å². The van der Waals surface area contributed by atoms with Crippen molar-refractivity contribution in [2.75, 3.05) is 31.2 Å². The molecule has 0 bridgehead atoms. The zero-order valence-electron chi connectivity index (χ0n) is 14.9. The lowest BCUT2D eigenvalue weighted by molar-refractivity contribution is 0.0951. The number of anilines is 1. The zero-order valence-corrected chi connectivity index (χ0v) is 14.9. The first-order valence-corrected chi connectivity index (χ1v) is 8.95. The largest absolute Gasteiger partial charge is 0.378 e. The fourth-order valence-electron chi connectivity index (χ4n) is 2.97. The van der Waals surface area contributed by atoms with E-state index in [9.17, 15) is 4.79 Å². The van der Waals surface area contributed by atoms with E-state index in [2.05, 4.69) is 20.3 Å². The molecule has 7 heteroatoms. The maximum absolute atomic E-state index is 12.4. The van der Waals surface area contributed by atoms with Crippen molar-refractivity contribution in [2.24, 2.45) is 0 Å². The van der Waals surface area contributed by atoms with Gasteiger partial charge in [-0.25, -0.2) is 9.67 Å². The van der Waals surface area contributed by atoms with E-state index in [4.69, 9.17) is 4.74 Å². The lowest BCUT2D eigenvalue weighted by atomic mass is 10.2. The van der Waals surface area contributed by atoms with Crippen molar-refractivity contribution < 1.29 is 9.53 Å². The fourth-order valence-corrected chi connectivity index (χ4v) is 2.97. The van der Waals surface area contributed by atoms with Crippen LogP contribution in [0.3, 0.4) is 0 Å². The van der Waals surface area contributed by atoms with E-state index < -0.39 is 0 Å². The summed E-state index contributed by atoms with van der Waals surface area (Å²) in [6, 6.07) is 13.2. The Balaban J connectivity index is 1.33. The number of benzene rings is 1. The Kier molecular flexibility index (Phi) is 5.11. The molecule has 1 aliphatic rings. The van der Waals surface area contributed by atoms with Crippen LogP contribution in [-0.2, 0) is 11.3 Å². The minimum absolute atomic E-state index is 0.112. The molecule has 4 rings (SSSR count). The minimum Gasteiger partial charge on any atom is -0.378 e. The van der Waals surface area contributed by atoms with Crippen LogP contribution in [0.4, 0.5) is 5.82 Å². The first kappa shape index (κ1) is 17.2. The Morgan fingerprint density at radius 1 is 1.11 bits per heavy atom. The van der Waals surface area contributed by atoms with E-state index in [-0.39, 0.29) is 5.91 Å². The number of carbonyl (C=O) groups is 1. The van der Waals surface area contributed by atoms with Crippen molar-refractivity contribution in [1.29, 1.82) is 0 Å². The Morgan fingerprint density at radius 3 is 2.59 bits per heavy atom. The molecule has 0 radical (unpaired) electrons. The molecule has 0 aliphatic carbocycles. The Labute approximate surface area is 157 Å². The molecule has 1 amide bonds. The van der Waals surface area contributed by atoms with Crippen molar-refractivity contribution in [2.45, 2.75) is 6.54 Å². The van der Waals surface area contributed by atoms with E-state index in [0.717, 1.165) is 43.4 Å². The fraction of sp³-hybridized carbons (Fsp3) is 0.250. The van der Waals surface area contributed by atoms with Gasteiger partial charge in [0, 0.05) is 43.8 Å². The summed E-state index contributed by atoms with van der Waals surface area (Å²) >= 11 is 0. The Hall–Kier alpha value is -3.19. The van der Waals surface area contributed by atoms with Crippen LogP contribution >= 0.6 is 0 Å². The van der Waals surface area contributed by atoms with Crippen LogP contribution in [-0.4, -0.2) is 47.0 Å². The van der Waals surface area contributed by atoms with Crippen LogP contribution in [0.25, 0.3) is 5.69 Å². The highest BCUT2D eigenvalue weighted by Gasteiger charge is 2.12. The van der Waals surface area contributed by atoms with Gasteiger partial charge in [0.1, 0.15) is 5.82 Å². The van der Waals surface area contributed by atoms with Crippen LogP contribution in [0.15, 0.2) is 61.1 Å². The van der Waals surface area contributed by atoms with Gasteiger partial charge in [-0.1, -0.05) is 6.07 Å². The molecule has 7 nitrogen and oxygen atoms in total. The van der Waals surface area contributed by atoms with Gasteiger partial charge in [0.05, 0.1) is 18.9 Å². The summed E-state index contributed by atoms with van der Waals surface area (Å²) in [5.41, 5.74) is 2.50. The maximum Gasteiger partial charge on any atom is 0.251 e. The molecule has 0 unspecified atom stereocenters. The summed E-state index contributed by atoms with van der Waals surface area (Å²) in [7, 11) is 0. The maximum atomic E-state index is 12.4. The average Bonchev–Trinajstić information content (AvgIpc) is 3.28. The van der Waals surface area contributed by atoms with E-state index in [1.54, 1.807) is 23.0 Å². The van der Waals surface area contributed by atoms with Crippen LogP contribution in [0.1, 0.15) is 15.9 Å². The first-order chi connectivity index (χ1) is 13.3. The summed E-state index contributed by atoms with van der Waals surface area (Å²) in [4.78, 5) is 19.1. The molecule has 3 heterocycles. The third kappa shape index (κ3) is 4.15. The quantitative estimate of drug-likeness (QED) is 0.751. The summed E-state index contributed by atoms with van der Waals surface area (Å²) in [5, 5.41) is 7.11.